The monoisotopic (exact) mass is 531 g/mol. The van der Waals surface area contributed by atoms with E-state index >= 15 is 0 Å². The number of carbonyl (C=O) groups is 3. The summed E-state index contributed by atoms with van der Waals surface area (Å²) in [6.45, 7) is 1.50. The second kappa shape index (κ2) is 11.3. The number of amides is 3. The summed E-state index contributed by atoms with van der Waals surface area (Å²) in [7, 11) is 0. The Morgan fingerprint density at radius 3 is 2.76 bits per heavy atom. The number of nitrogens with two attached hydrogens (primary N) is 1. The fourth-order valence-corrected chi connectivity index (χ4v) is 4.38. The van der Waals surface area contributed by atoms with Gasteiger partial charge in [0.1, 0.15) is 11.5 Å². The highest BCUT2D eigenvalue weighted by atomic mass is 35.5. The maximum Gasteiger partial charge on any atom is 0.268 e. The third-order valence-electron chi connectivity index (χ3n) is 6.00. The van der Waals surface area contributed by atoms with E-state index in [1.54, 1.807) is 24.3 Å². The molecule has 1 aliphatic rings. The number of aliphatic hydroxyl groups is 1. The number of ether oxygens (including phenoxy) is 1. The molecule has 0 bridgehead atoms. The highest BCUT2D eigenvalue weighted by Crippen LogP contribution is 2.31. The van der Waals surface area contributed by atoms with Gasteiger partial charge in [0.15, 0.2) is 0 Å². The van der Waals surface area contributed by atoms with Crippen LogP contribution in [0.25, 0.3) is 10.9 Å². The van der Waals surface area contributed by atoms with Crippen molar-refractivity contribution >= 4 is 45.9 Å². The molecule has 12 heteroatoms. The van der Waals surface area contributed by atoms with Gasteiger partial charge in [-0.05, 0) is 48.0 Å². The summed E-state index contributed by atoms with van der Waals surface area (Å²) in [6, 6.07) is 10.5. The van der Waals surface area contributed by atoms with E-state index in [1.165, 1.54) is 17.0 Å². The zero-order valence-electron chi connectivity index (χ0n) is 19.9. The zero-order valence-corrected chi connectivity index (χ0v) is 20.6. The van der Waals surface area contributed by atoms with Crippen molar-refractivity contribution in [1.82, 2.24) is 15.6 Å². The molecule has 3 aromatic rings. The third-order valence-corrected chi connectivity index (χ3v) is 6.22. The molecule has 2 aromatic carbocycles. The van der Waals surface area contributed by atoms with E-state index in [2.05, 4.69) is 15.6 Å². The molecule has 1 aliphatic heterocycles. The molecule has 3 amide bonds. The summed E-state index contributed by atoms with van der Waals surface area (Å²) in [4.78, 5) is 42.6. The summed E-state index contributed by atoms with van der Waals surface area (Å²) in [5.74, 6) is -2.52. The van der Waals surface area contributed by atoms with Gasteiger partial charge in [0, 0.05) is 54.2 Å². The molecule has 10 nitrogen and oxygen atoms in total. The van der Waals surface area contributed by atoms with Crippen LogP contribution in [0.3, 0.4) is 0 Å². The second-order valence-electron chi connectivity index (χ2n) is 8.64. The number of aromatic nitrogens is 1. The summed E-state index contributed by atoms with van der Waals surface area (Å²) < 4.78 is 18.8. The maximum atomic E-state index is 13.5. The molecule has 196 valence electrons. The Hall–Kier alpha value is -3.51. The van der Waals surface area contributed by atoms with E-state index in [0.717, 1.165) is 6.07 Å². The van der Waals surface area contributed by atoms with Crippen molar-refractivity contribution in [3.8, 4) is 0 Å². The molecule has 4 rings (SSSR count). The smallest absolute Gasteiger partial charge is 0.268 e. The van der Waals surface area contributed by atoms with Gasteiger partial charge in [0.25, 0.3) is 17.7 Å². The van der Waals surface area contributed by atoms with Crippen LogP contribution >= 0.6 is 11.6 Å². The molecule has 0 spiro atoms. The van der Waals surface area contributed by atoms with Crippen LogP contribution in [-0.4, -0.2) is 66.3 Å². The standard InChI is InChI=1S/C25H27ClFN5O5/c26-17-9-15(10-18(27)13-17)14-30-23(34)25(36)3-6-32(24(25)35)19-1-2-20-16(11-19)12-21(31-20)22(33)29-5-8-37-7-4-28/h1-2,9-13,31,36H,3-8,14,28H2,(H,29,33)(H,30,34)/t25-/m0/s1. The molecule has 1 saturated heterocycles. The number of anilines is 1. The molecule has 1 aromatic heterocycles. The van der Waals surface area contributed by atoms with Crippen LogP contribution in [0.15, 0.2) is 42.5 Å². The van der Waals surface area contributed by atoms with Gasteiger partial charge < -0.3 is 36.1 Å². The van der Waals surface area contributed by atoms with Gasteiger partial charge in [-0.2, -0.15) is 0 Å². The molecule has 2 heterocycles. The van der Waals surface area contributed by atoms with Crippen LogP contribution in [0.1, 0.15) is 22.5 Å². The number of hydrogen-bond donors (Lipinski definition) is 5. The van der Waals surface area contributed by atoms with Crippen molar-refractivity contribution in [1.29, 1.82) is 0 Å². The number of hydrogen-bond acceptors (Lipinski definition) is 6. The Labute approximate surface area is 216 Å². The topological polar surface area (TPSA) is 150 Å². The highest BCUT2D eigenvalue weighted by Gasteiger charge is 2.51. The molecular weight excluding hydrogens is 505 g/mol. The van der Waals surface area contributed by atoms with E-state index in [0.29, 0.717) is 54.2 Å². The molecule has 0 aliphatic carbocycles. The van der Waals surface area contributed by atoms with Gasteiger partial charge in [0.05, 0.1) is 13.2 Å². The van der Waals surface area contributed by atoms with Crippen LogP contribution in [0.2, 0.25) is 5.02 Å². The molecule has 0 saturated carbocycles. The predicted octanol–water partition coefficient (Wildman–Crippen LogP) is 1.45. The minimum atomic E-state index is -2.26. The number of carbonyl (C=O) groups excluding carboxylic acids is 3. The minimum Gasteiger partial charge on any atom is -0.378 e. The molecule has 6 N–H and O–H groups in total. The lowest BCUT2D eigenvalue weighted by atomic mass is 10.0. The molecule has 1 atom stereocenters. The van der Waals surface area contributed by atoms with E-state index in [-0.39, 0.29) is 30.4 Å². The van der Waals surface area contributed by atoms with Crippen molar-refractivity contribution in [2.24, 2.45) is 5.73 Å². The lowest BCUT2D eigenvalue weighted by Crippen LogP contribution is -2.52. The van der Waals surface area contributed by atoms with Crippen LogP contribution in [-0.2, 0) is 20.9 Å². The lowest BCUT2D eigenvalue weighted by molar-refractivity contribution is -0.149. The van der Waals surface area contributed by atoms with Crippen LogP contribution < -0.4 is 21.3 Å². The van der Waals surface area contributed by atoms with Crippen molar-refractivity contribution in [2.75, 3.05) is 37.7 Å². The fourth-order valence-electron chi connectivity index (χ4n) is 4.13. The Balaban J connectivity index is 1.41. The Bertz CT molecular complexity index is 1310. The fraction of sp³-hybridized carbons (Fsp3) is 0.320. The largest absolute Gasteiger partial charge is 0.378 e. The van der Waals surface area contributed by atoms with Crippen LogP contribution in [0.5, 0.6) is 0 Å². The first kappa shape index (κ1) is 26.6. The first-order valence-electron chi connectivity index (χ1n) is 11.7. The number of aromatic amines is 1. The quantitative estimate of drug-likeness (QED) is 0.197. The van der Waals surface area contributed by atoms with Crippen LogP contribution in [0.4, 0.5) is 10.1 Å². The second-order valence-corrected chi connectivity index (χ2v) is 9.08. The van der Waals surface area contributed by atoms with E-state index in [1.807, 2.05) is 0 Å². The van der Waals surface area contributed by atoms with E-state index in [4.69, 9.17) is 22.1 Å². The Morgan fingerprint density at radius 2 is 2.00 bits per heavy atom. The summed E-state index contributed by atoms with van der Waals surface area (Å²) in [5.41, 5.74) is 4.98. The Kier molecular flexibility index (Phi) is 8.08. The number of H-pyrrole nitrogens is 1. The predicted molar refractivity (Wildman–Crippen MR) is 136 cm³/mol. The summed E-state index contributed by atoms with van der Waals surface area (Å²) >= 11 is 5.83. The molecular formula is C25H27ClFN5O5. The number of halogens is 2. The summed E-state index contributed by atoms with van der Waals surface area (Å²) in [5, 5.41) is 17.0. The minimum absolute atomic E-state index is 0.106. The maximum absolute atomic E-state index is 13.5. The lowest BCUT2D eigenvalue weighted by Gasteiger charge is -2.22. The first-order chi connectivity index (χ1) is 17.7. The molecule has 0 radical (unpaired) electrons. The van der Waals surface area contributed by atoms with Gasteiger partial charge in [-0.15, -0.1) is 0 Å². The van der Waals surface area contributed by atoms with Gasteiger partial charge in [-0.1, -0.05) is 11.6 Å². The third kappa shape index (κ3) is 5.91. The average Bonchev–Trinajstić information content (AvgIpc) is 3.43. The number of nitrogens with one attached hydrogen (secondary N) is 3. The van der Waals surface area contributed by atoms with Gasteiger partial charge in [0.2, 0.25) is 5.60 Å². The van der Waals surface area contributed by atoms with Crippen LogP contribution in [0, 0.1) is 5.82 Å². The van der Waals surface area contributed by atoms with Gasteiger partial charge in [-0.25, -0.2) is 4.39 Å². The molecule has 37 heavy (non-hydrogen) atoms. The van der Waals surface area contributed by atoms with E-state index in [9.17, 15) is 23.9 Å². The zero-order chi connectivity index (χ0) is 26.6. The van der Waals surface area contributed by atoms with Crippen molar-refractivity contribution in [3.05, 3.63) is 64.6 Å². The van der Waals surface area contributed by atoms with Gasteiger partial charge in [-0.3, -0.25) is 14.4 Å². The number of nitrogens with zero attached hydrogens (tertiary/aromatic N) is 1. The SMILES string of the molecule is NCCOCCNC(=O)c1cc2cc(N3CC[C@](O)(C(=O)NCc4cc(F)cc(Cl)c4)C3=O)ccc2[nH]1. The number of fused-ring (bicyclic) bond motifs is 1. The highest BCUT2D eigenvalue weighted by molar-refractivity contribution is 6.30. The Morgan fingerprint density at radius 1 is 1.19 bits per heavy atom. The normalized spacial score (nSPS) is 17.4. The van der Waals surface area contributed by atoms with Crippen molar-refractivity contribution in [3.63, 3.8) is 0 Å². The van der Waals surface area contributed by atoms with Gasteiger partial charge >= 0.3 is 0 Å². The van der Waals surface area contributed by atoms with E-state index < -0.39 is 23.2 Å². The molecule has 1 fully saturated rings. The van der Waals surface area contributed by atoms with Crippen molar-refractivity contribution < 1.29 is 28.6 Å². The number of benzene rings is 2. The average molecular weight is 532 g/mol. The molecule has 0 unspecified atom stereocenters. The number of rotatable bonds is 10. The first-order valence-corrected chi connectivity index (χ1v) is 12.1. The van der Waals surface area contributed by atoms with Crippen molar-refractivity contribution in [2.45, 2.75) is 18.6 Å². The summed E-state index contributed by atoms with van der Waals surface area (Å²) in [6.07, 6.45) is -0.118.